The first-order valence-corrected chi connectivity index (χ1v) is 7.31. The van der Waals surface area contributed by atoms with Gasteiger partial charge in [-0.25, -0.2) is 0 Å². The Kier molecular flexibility index (Phi) is 4.70. The molecule has 1 saturated carbocycles. The van der Waals surface area contributed by atoms with E-state index in [0.717, 1.165) is 23.9 Å². The van der Waals surface area contributed by atoms with Gasteiger partial charge >= 0.3 is 0 Å². The highest BCUT2D eigenvalue weighted by Crippen LogP contribution is 2.30. The van der Waals surface area contributed by atoms with Gasteiger partial charge < -0.3 is 15.5 Å². The molecule has 0 spiro atoms. The Morgan fingerprint density at radius 2 is 2.11 bits per heavy atom. The Bertz CT molecular complexity index is 419. The molecule has 1 aliphatic rings. The summed E-state index contributed by atoms with van der Waals surface area (Å²) in [6.45, 7) is 5.35. The fraction of sp³-hybridized carbons (Fsp3) is 0.625. The zero-order chi connectivity index (χ0) is 13.8. The van der Waals surface area contributed by atoms with Gasteiger partial charge in [0.1, 0.15) is 11.5 Å². The first-order valence-electron chi connectivity index (χ1n) is 7.31. The Labute approximate surface area is 115 Å². The van der Waals surface area contributed by atoms with E-state index < -0.39 is 0 Å². The largest absolute Gasteiger partial charge is 0.508 e. The zero-order valence-electron chi connectivity index (χ0n) is 11.9. The summed E-state index contributed by atoms with van der Waals surface area (Å²) in [5.41, 5.74) is 0.767. The predicted molar refractivity (Wildman–Crippen MR) is 77.3 cm³/mol. The molecule has 106 valence electrons. The van der Waals surface area contributed by atoms with Crippen LogP contribution < -0.4 is 5.32 Å². The SMILES string of the molecule is CC1CCCC(CNC(C)c2cc(O)ccc2O)C1. The molecule has 0 bridgehead atoms. The van der Waals surface area contributed by atoms with Crippen molar-refractivity contribution in [2.45, 2.75) is 45.6 Å². The topological polar surface area (TPSA) is 52.5 Å². The van der Waals surface area contributed by atoms with Crippen LogP contribution in [0.1, 0.15) is 51.1 Å². The molecule has 3 heteroatoms. The van der Waals surface area contributed by atoms with Gasteiger partial charge in [0.2, 0.25) is 0 Å². The Morgan fingerprint density at radius 1 is 1.32 bits per heavy atom. The zero-order valence-corrected chi connectivity index (χ0v) is 11.9. The quantitative estimate of drug-likeness (QED) is 0.728. The third-order valence-corrected chi connectivity index (χ3v) is 4.24. The predicted octanol–water partition coefficient (Wildman–Crippen LogP) is 3.57. The van der Waals surface area contributed by atoms with Crippen molar-refractivity contribution in [3.8, 4) is 11.5 Å². The fourth-order valence-corrected chi connectivity index (χ4v) is 3.09. The van der Waals surface area contributed by atoms with Gasteiger partial charge in [-0.05, 0) is 56.3 Å². The number of phenolic OH excluding ortho intramolecular Hbond substituents is 2. The maximum atomic E-state index is 9.83. The number of nitrogens with one attached hydrogen (secondary N) is 1. The van der Waals surface area contributed by atoms with Crippen molar-refractivity contribution in [2.24, 2.45) is 11.8 Å². The van der Waals surface area contributed by atoms with Crippen LogP contribution in [0.4, 0.5) is 0 Å². The van der Waals surface area contributed by atoms with E-state index in [-0.39, 0.29) is 17.5 Å². The Balaban J connectivity index is 1.90. The van der Waals surface area contributed by atoms with Crippen molar-refractivity contribution in [2.75, 3.05) is 6.54 Å². The molecule has 1 aromatic rings. The molecule has 0 saturated heterocycles. The summed E-state index contributed by atoms with van der Waals surface area (Å²) in [5.74, 6) is 2.03. The molecule has 0 aromatic heterocycles. The van der Waals surface area contributed by atoms with Gasteiger partial charge in [-0.3, -0.25) is 0 Å². The van der Waals surface area contributed by atoms with Crippen LogP contribution in [0.5, 0.6) is 11.5 Å². The molecule has 0 radical (unpaired) electrons. The van der Waals surface area contributed by atoms with Crippen molar-refractivity contribution in [3.05, 3.63) is 23.8 Å². The van der Waals surface area contributed by atoms with Crippen LogP contribution in [0, 0.1) is 11.8 Å². The molecule has 3 unspecified atom stereocenters. The van der Waals surface area contributed by atoms with Gasteiger partial charge in [0.25, 0.3) is 0 Å². The van der Waals surface area contributed by atoms with E-state index in [0.29, 0.717) is 0 Å². The van der Waals surface area contributed by atoms with E-state index in [1.165, 1.54) is 31.7 Å². The van der Waals surface area contributed by atoms with Crippen LogP contribution >= 0.6 is 0 Å². The van der Waals surface area contributed by atoms with Crippen LogP contribution in [-0.2, 0) is 0 Å². The number of hydrogen-bond donors (Lipinski definition) is 3. The standard InChI is InChI=1S/C16H25NO2/c1-11-4-3-5-13(8-11)10-17-12(2)15-9-14(18)6-7-16(15)19/h6-7,9,11-13,17-19H,3-5,8,10H2,1-2H3. The lowest BCUT2D eigenvalue weighted by atomic mass is 9.82. The molecule has 3 N–H and O–H groups in total. The fourth-order valence-electron chi connectivity index (χ4n) is 3.09. The average molecular weight is 263 g/mol. The smallest absolute Gasteiger partial charge is 0.120 e. The second-order valence-electron chi connectivity index (χ2n) is 6.01. The van der Waals surface area contributed by atoms with Crippen LogP contribution in [0.25, 0.3) is 0 Å². The van der Waals surface area contributed by atoms with Crippen molar-refractivity contribution in [1.29, 1.82) is 0 Å². The van der Waals surface area contributed by atoms with E-state index in [4.69, 9.17) is 0 Å². The second-order valence-corrected chi connectivity index (χ2v) is 6.01. The molecular weight excluding hydrogens is 238 g/mol. The van der Waals surface area contributed by atoms with Crippen LogP contribution in [0.15, 0.2) is 18.2 Å². The monoisotopic (exact) mass is 263 g/mol. The number of phenols is 2. The molecule has 2 rings (SSSR count). The third kappa shape index (κ3) is 3.87. The van der Waals surface area contributed by atoms with Crippen LogP contribution in [-0.4, -0.2) is 16.8 Å². The molecule has 0 heterocycles. The summed E-state index contributed by atoms with van der Waals surface area (Å²) >= 11 is 0. The minimum atomic E-state index is 0.0596. The van der Waals surface area contributed by atoms with E-state index in [2.05, 4.69) is 12.2 Å². The van der Waals surface area contributed by atoms with Crippen LogP contribution in [0.2, 0.25) is 0 Å². The van der Waals surface area contributed by atoms with Gasteiger partial charge in [-0.1, -0.05) is 19.8 Å². The van der Waals surface area contributed by atoms with Crippen molar-refractivity contribution >= 4 is 0 Å². The number of rotatable bonds is 4. The second kappa shape index (κ2) is 6.29. The average Bonchev–Trinajstić information content (AvgIpc) is 2.39. The molecule has 0 amide bonds. The molecule has 19 heavy (non-hydrogen) atoms. The highest BCUT2D eigenvalue weighted by Gasteiger charge is 2.20. The van der Waals surface area contributed by atoms with Crippen molar-refractivity contribution in [3.63, 3.8) is 0 Å². The summed E-state index contributed by atoms with van der Waals surface area (Å²) in [6, 6.07) is 4.75. The molecule has 1 aliphatic carbocycles. The first kappa shape index (κ1) is 14.2. The molecule has 1 aromatic carbocycles. The van der Waals surface area contributed by atoms with Crippen LogP contribution in [0.3, 0.4) is 0 Å². The first-order chi connectivity index (χ1) is 9.06. The summed E-state index contributed by atoms with van der Waals surface area (Å²) in [7, 11) is 0. The normalized spacial score (nSPS) is 25.2. The summed E-state index contributed by atoms with van der Waals surface area (Å²) in [5, 5.41) is 22.8. The van der Waals surface area contributed by atoms with Gasteiger partial charge in [0.05, 0.1) is 0 Å². The maximum absolute atomic E-state index is 9.83. The lowest BCUT2D eigenvalue weighted by Gasteiger charge is -2.28. The minimum absolute atomic E-state index is 0.0596. The molecular formula is C16H25NO2. The summed E-state index contributed by atoms with van der Waals surface area (Å²) < 4.78 is 0. The molecule has 3 atom stereocenters. The minimum Gasteiger partial charge on any atom is -0.508 e. The highest BCUT2D eigenvalue weighted by atomic mass is 16.3. The number of benzene rings is 1. The highest BCUT2D eigenvalue weighted by molar-refractivity contribution is 5.40. The van der Waals surface area contributed by atoms with Crippen molar-refractivity contribution < 1.29 is 10.2 Å². The number of aromatic hydroxyl groups is 2. The number of hydrogen-bond acceptors (Lipinski definition) is 3. The van der Waals surface area contributed by atoms with Gasteiger partial charge in [-0.2, -0.15) is 0 Å². The molecule has 3 nitrogen and oxygen atoms in total. The van der Waals surface area contributed by atoms with Gasteiger partial charge in [0.15, 0.2) is 0 Å². The Morgan fingerprint density at radius 3 is 2.84 bits per heavy atom. The van der Waals surface area contributed by atoms with Gasteiger partial charge in [-0.15, -0.1) is 0 Å². The Hall–Kier alpha value is -1.22. The van der Waals surface area contributed by atoms with Gasteiger partial charge in [0, 0.05) is 11.6 Å². The summed E-state index contributed by atoms with van der Waals surface area (Å²) in [4.78, 5) is 0. The lowest BCUT2D eigenvalue weighted by molar-refractivity contribution is 0.268. The van der Waals surface area contributed by atoms with E-state index >= 15 is 0 Å². The van der Waals surface area contributed by atoms with E-state index in [1.807, 2.05) is 6.92 Å². The van der Waals surface area contributed by atoms with E-state index in [1.54, 1.807) is 12.1 Å². The molecule has 1 fully saturated rings. The maximum Gasteiger partial charge on any atom is 0.120 e. The van der Waals surface area contributed by atoms with Crippen molar-refractivity contribution in [1.82, 2.24) is 5.32 Å². The summed E-state index contributed by atoms with van der Waals surface area (Å²) in [6.07, 6.45) is 5.29. The third-order valence-electron chi connectivity index (χ3n) is 4.24. The molecule has 0 aliphatic heterocycles. The van der Waals surface area contributed by atoms with E-state index in [9.17, 15) is 10.2 Å². The lowest BCUT2D eigenvalue weighted by Crippen LogP contribution is -2.28.